The summed E-state index contributed by atoms with van der Waals surface area (Å²) in [7, 11) is 1.70. The Bertz CT molecular complexity index is 580. The molecule has 0 saturated heterocycles. The van der Waals surface area contributed by atoms with Gasteiger partial charge < -0.3 is 0 Å². The number of carbonyl (C=O) groups excluding carboxylic acids is 1. The molecule has 4 nitrogen and oxygen atoms in total. The number of rotatable bonds is 4. The molecule has 2 aromatic rings. The van der Waals surface area contributed by atoms with Gasteiger partial charge in [-0.2, -0.15) is 0 Å². The summed E-state index contributed by atoms with van der Waals surface area (Å²) in [4.78, 5) is 11.7. The van der Waals surface area contributed by atoms with E-state index in [2.05, 4.69) is 10.3 Å². The molecule has 0 radical (unpaired) electrons. The third kappa shape index (κ3) is 2.97. The molecule has 0 amide bonds. The molecule has 0 unspecified atom stereocenters. The lowest BCUT2D eigenvalue weighted by atomic mass is 10.1. The van der Waals surface area contributed by atoms with E-state index in [-0.39, 0.29) is 18.6 Å². The van der Waals surface area contributed by atoms with Crippen molar-refractivity contribution in [3.8, 4) is 0 Å². The second kappa shape index (κ2) is 5.03. The van der Waals surface area contributed by atoms with Crippen LogP contribution >= 0.6 is 0 Å². The van der Waals surface area contributed by atoms with Crippen LogP contribution in [0.25, 0.3) is 0 Å². The second-order valence-corrected chi connectivity index (χ2v) is 4.02. The standard InChI is InChI=1S/C12H11F2N3O/c1-17-7-9(15-16-17)6-10(18)4-8-2-3-11(13)12(14)5-8/h2-3,5,7H,4,6H2,1H3. The number of aromatic nitrogens is 3. The molecule has 6 heteroatoms. The summed E-state index contributed by atoms with van der Waals surface area (Å²) in [5, 5.41) is 7.49. The molecule has 0 aliphatic heterocycles. The summed E-state index contributed by atoms with van der Waals surface area (Å²) in [5.41, 5.74) is 1.01. The summed E-state index contributed by atoms with van der Waals surface area (Å²) in [5.74, 6) is -1.98. The summed E-state index contributed by atoms with van der Waals surface area (Å²) < 4.78 is 27.2. The predicted molar refractivity (Wildman–Crippen MR) is 59.8 cm³/mol. The van der Waals surface area contributed by atoms with E-state index < -0.39 is 11.6 Å². The maximum atomic E-state index is 12.9. The van der Waals surface area contributed by atoms with Crippen molar-refractivity contribution in [3.05, 3.63) is 47.3 Å². The number of halogens is 2. The van der Waals surface area contributed by atoms with E-state index in [0.29, 0.717) is 11.3 Å². The lowest BCUT2D eigenvalue weighted by Crippen LogP contribution is -2.07. The van der Waals surface area contributed by atoms with Crippen LogP contribution in [-0.2, 0) is 24.7 Å². The fraction of sp³-hybridized carbons (Fsp3) is 0.250. The average molecular weight is 251 g/mol. The predicted octanol–water partition coefficient (Wildman–Crippen LogP) is 1.45. The molecule has 18 heavy (non-hydrogen) atoms. The van der Waals surface area contributed by atoms with Gasteiger partial charge in [0.2, 0.25) is 0 Å². The van der Waals surface area contributed by atoms with Crippen LogP contribution in [0.1, 0.15) is 11.3 Å². The van der Waals surface area contributed by atoms with Gasteiger partial charge >= 0.3 is 0 Å². The molecule has 0 fully saturated rings. The number of Topliss-reactive ketones (excluding diaryl/α,β-unsaturated/α-hetero) is 1. The van der Waals surface area contributed by atoms with Crippen LogP contribution in [0.4, 0.5) is 8.78 Å². The number of aryl methyl sites for hydroxylation is 1. The number of hydrogen-bond donors (Lipinski definition) is 0. The molecule has 1 aromatic carbocycles. The highest BCUT2D eigenvalue weighted by Gasteiger charge is 2.10. The van der Waals surface area contributed by atoms with E-state index in [1.165, 1.54) is 10.7 Å². The van der Waals surface area contributed by atoms with Crippen molar-refractivity contribution >= 4 is 5.78 Å². The van der Waals surface area contributed by atoms with E-state index in [0.717, 1.165) is 12.1 Å². The van der Waals surface area contributed by atoms with Crippen LogP contribution in [0.15, 0.2) is 24.4 Å². The van der Waals surface area contributed by atoms with Gasteiger partial charge in [0.25, 0.3) is 0 Å². The van der Waals surface area contributed by atoms with Crippen molar-refractivity contribution in [1.29, 1.82) is 0 Å². The Morgan fingerprint density at radius 1 is 1.28 bits per heavy atom. The third-order valence-corrected chi connectivity index (χ3v) is 2.41. The minimum Gasteiger partial charge on any atom is -0.299 e. The third-order valence-electron chi connectivity index (χ3n) is 2.41. The Labute approximate surface area is 102 Å². The first kappa shape index (κ1) is 12.3. The first-order chi connectivity index (χ1) is 8.54. The van der Waals surface area contributed by atoms with Crippen molar-refractivity contribution < 1.29 is 13.6 Å². The van der Waals surface area contributed by atoms with Crippen LogP contribution < -0.4 is 0 Å². The van der Waals surface area contributed by atoms with Gasteiger partial charge in [-0.05, 0) is 17.7 Å². The van der Waals surface area contributed by atoms with Gasteiger partial charge in [0.1, 0.15) is 5.78 Å². The van der Waals surface area contributed by atoms with Crippen molar-refractivity contribution in [2.75, 3.05) is 0 Å². The van der Waals surface area contributed by atoms with Gasteiger partial charge in [0.15, 0.2) is 11.6 Å². The minimum atomic E-state index is -0.945. The highest BCUT2D eigenvalue weighted by atomic mass is 19.2. The van der Waals surface area contributed by atoms with Crippen LogP contribution in [0.2, 0.25) is 0 Å². The smallest absolute Gasteiger partial charge is 0.159 e. The zero-order chi connectivity index (χ0) is 13.1. The van der Waals surface area contributed by atoms with Gasteiger partial charge in [-0.1, -0.05) is 11.3 Å². The van der Waals surface area contributed by atoms with Crippen molar-refractivity contribution in [1.82, 2.24) is 15.0 Å². The molecule has 2 rings (SSSR count). The fourth-order valence-corrected chi connectivity index (χ4v) is 1.62. The number of nitrogens with zero attached hydrogens (tertiary/aromatic N) is 3. The Balaban J connectivity index is 2.00. The lowest BCUT2D eigenvalue weighted by molar-refractivity contribution is -0.117. The summed E-state index contributed by atoms with van der Waals surface area (Å²) in [6.07, 6.45) is 1.82. The number of hydrogen-bond acceptors (Lipinski definition) is 3. The molecule has 0 aliphatic rings. The maximum absolute atomic E-state index is 12.9. The van der Waals surface area contributed by atoms with Gasteiger partial charge in [0.05, 0.1) is 12.1 Å². The first-order valence-electron chi connectivity index (χ1n) is 5.35. The topological polar surface area (TPSA) is 47.8 Å². The molecular weight excluding hydrogens is 240 g/mol. The highest BCUT2D eigenvalue weighted by Crippen LogP contribution is 2.10. The monoisotopic (exact) mass is 251 g/mol. The van der Waals surface area contributed by atoms with E-state index in [1.807, 2.05) is 0 Å². The Hall–Kier alpha value is -2.11. The summed E-state index contributed by atoms with van der Waals surface area (Å²) >= 11 is 0. The second-order valence-electron chi connectivity index (χ2n) is 4.02. The summed E-state index contributed by atoms with van der Waals surface area (Å²) in [6.45, 7) is 0. The number of ketones is 1. The van der Waals surface area contributed by atoms with Gasteiger partial charge in [-0.3, -0.25) is 9.48 Å². The molecule has 0 N–H and O–H groups in total. The number of carbonyl (C=O) groups is 1. The van der Waals surface area contributed by atoms with Crippen molar-refractivity contribution in [3.63, 3.8) is 0 Å². The lowest BCUT2D eigenvalue weighted by Gasteiger charge is -2.00. The highest BCUT2D eigenvalue weighted by molar-refractivity contribution is 5.82. The zero-order valence-electron chi connectivity index (χ0n) is 9.73. The number of benzene rings is 1. The maximum Gasteiger partial charge on any atom is 0.159 e. The van der Waals surface area contributed by atoms with Gasteiger partial charge in [0, 0.05) is 19.7 Å². The van der Waals surface area contributed by atoms with Crippen LogP contribution in [-0.4, -0.2) is 20.8 Å². The van der Waals surface area contributed by atoms with Crippen LogP contribution in [0, 0.1) is 11.6 Å². The van der Waals surface area contributed by atoms with Gasteiger partial charge in [-0.25, -0.2) is 8.78 Å². The van der Waals surface area contributed by atoms with Crippen molar-refractivity contribution in [2.45, 2.75) is 12.8 Å². The quantitative estimate of drug-likeness (QED) is 0.826. The van der Waals surface area contributed by atoms with Crippen LogP contribution in [0.5, 0.6) is 0 Å². The van der Waals surface area contributed by atoms with E-state index >= 15 is 0 Å². The average Bonchev–Trinajstić information content (AvgIpc) is 2.69. The summed E-state index contributed by atoms with van der Waals surface area (Å²) in [6, 6.07) is 3.44. The Morgan fingerprint density at radius 3 is 2.67 bits per heavy atom. The van der Waals surface area contributed by atoms with Crippen LogP contribution in [0.3, 0.4) is 0 Å². The van der Waals surface area contributed by atoms with E-state index in [1.54, 1.807) is 13.2 Å². The molecule has 1 aromatic heterocycles. The largest absolute Gasteiger partial charge is 0.299 e. The molecule has 1 heterocycles. The van der Waals surface area contributed by atoms with E-state index in [9.17, 15) is 13.6 Å². The molecular formula is C12H11F2N3O. The molecule has 94 valence electrons. The molecule has 0 spiro atoms. The molecule has 0 saturated carbocycles. The fourth-order valence-electron chi connectivity index (χ4n) is 1.62. The van der Waals surface area contributed by atoms with E-state index in [4.69, 9.17) is 0 Å². The Morgan fingerprint density at radius 2 is 2.06 bits per heavy atom. The van der Waals surface area contributed by atoms with Crippen molar-refractivity contribution in [2.24, 2.45) is 7.05 Å². The Kier molecular flexibility index (Phi) is 3.45. The molecule has 0 aliphatic carbocycles. The zero-order valence-corrected chi connectivity index (χ0v) is 9.73. The molecule has 0 bridgehead atoms. The SMILES string of the molecule is Cn1cc(CC(=O)Cc2ccc(F)c(F)c2)nn1. The minimum absolute atomic E-state index is 0.0494. The first-order valence-corrected chi connectivity index (χ1v) is 5.35. The van der Waals surface area contributed by atoms with Gasteiger partial charge in [-0.15, -0.1) is 5.10 Å². The normalized spacial score (nSPS) is 10.6. The molecule has 0 atom stereocenters.